The normalized spacial score (nSPS) is 16.2. The van der Waals surface area contributed by atoms with Crippen LogP contribution in [0.5, 0.6) is 0 Å². The van der Waals surface area contributed by atoms with Crippen molar-refractivity contribution in [3.05, 3.63) is 0 Å². The first-order valence-electron chi connectivity index (χ1n) is 6.19. The first-order valence-corrected chi connectivity index (χ1v) is 6.19. The molecule has 1 saturated heterocycles. The molecule has 20 heavy (non-hydrogen) atoms. The lowest BCUT2D eigenvalue weighted by atomic mass is 10.3. The van der Waals surface area contributed by atoms with E-state index in [1.54, 1.807) is 0 Å². The van der Waals surface area contributed by atoms with Crippen molar-refractivity contribution in [2.24, 2.45) is 0 Å². The fourth-order valence-electron chi connectivity index (χ4n) is 1.54. The van der Waals surface area contributed by atoms with Crippen molar-refractivity contribution in [3.63, 3.8) is 0 Å². The van der Waals surface area contributed by atoms with E-state index in [1.807, 2.05) is 0 Å². The van der Waals surface area contributed by atoms with Crippen molar-refractivity contribution in [3.8, 4) is 0 Å². The highest BCUT2D eigenvalue weighted by Gasteiger charge is 2.33. The van der Waals surface area contributed by atoms with Crippen LogP contribution in [0.15, 0.2) is 0 Å². The molecule has 0 aromatic carbocycles. The number of hydrogen-bond donors (Lipinski definition) is 0. The van der Waals surface area contributed by atoms with Gasteiger partial charge >= 0.3 is 11.9 Å². The zero-order valence-corrected chi connectivity index (χ0v) is 11.4. The first-order chi connectivity index (χ1) is 9.43. The Kier molecular flexibility index (Phi) is 6.10. The monoisotopic (exact) mass is 287 g/mol. The van der Waals surface area contributed by atoms with E-state index < -0.39 is 29.9 Å². The quantitative estimate of drug-likeness (QED) is 0.478. The van der Waals surface area contributed by atoms with Gasteiger partial charge in [-0.25, -0.2) is 4.79 Å². The Balaban J connectivity index is 2.32. The number of ether oxygens (including phenoxy) is 2. The van der Waals surface area contributed by atoms with Crippen molar-refractivity contribution in [2.45, 2.75) is 38.7 Å². The Hall–Kier alpha value is -1.96. The number of esters is 1. The average molecular weight is 287 g/mol. The minimum atomic E-state index is -0.805. The molecule has 0 aromatic heterocycles. The van der Waals surface area contributed by atoms with Gasteiger partial charge in [0.05, 0.1) is 19.4 Å². The fourth-order valence-corrected chi connectivity index (χ4v) is 1.54. The standard InChI is InChI=1S/C12H17NO7/c1-8(19-11(16)5-6-18-2)7-12(17)20-13-9(14)3-4-10(13)15/h8H,3-7H2,1-2H3. The van der Waals surface area contributed by atoms with Crippen LogP contribution in [0, 0.1) is 0 Å². The number of hydroxylamine groups is 2. The lowest BCUT2D eigenvalue weighted by Gasteiger charge is -2.15. The summed E-state index contributed by atoms with van der Waals surface area (Å²) >= 11 is 0. The van der Waals surface area contributed by atoms with Crippen LogP contribution < -0.4 is 0 Å². The topological polar surface area (TPSA) is 99.2 Å². The number of nitrogens with zero attached hydrogens (tertiary/aromatic N) is 1. The number of imide groups is 1. The largest absolute Gasteiger partial charge is 0.462 e. The number of carbonyl (C=O) groups is 4. The summed E-state index contributed by atoms with van der Waals surface area (Å²) in [6.07, 6.45) is -0.796. The maximum absolute atomic E-state index is 11.5. The molecule has 8 heteroatoms. The highest BCUT2D eigenvalue weighted by Crippen LogP contribution is 2.13. The van der Waals surface area contributed by atoms with Crippen molar-refractivity contribution in [1.82, 2.24) is 5.06 Å². The van der Waals surface area contributed by atoms with Gasteiger partial charge in [-0.05, 0) is 6.92 Å². The number of methoxy groups -OCH3 is 1. The van der Waals surface area contributed by atoms with Crippen LogP contribution in [0.2, 0.25) is 0 Å². The van der Waals surface area contributed by atoms with E-state index >= 15 is 0 Å². The van der Waals surface area contributed by atoms with Crippen molar-refractivity contribution in [2.75, 3.05) is 13.7 Å². The maximum atomic E-state index is 11.5. The predicted octanol–water partition coefficient (Wildman–Crippen LogP) is -0.0481. The number of amides is 2. The molecule has 1 rings (SSSR count). The summed E-state index contributed by atoms with van der Waals surface area (Å²) in [4.78, 5) is 49.9. The van der Waals surface area contributed by atoms with Crippen LogP contribution in [0.3, 0.4) is 0 Å². The van der Waals surface area contributed by atoms with Crippen LogP contribution in [0.25, 0.3) is 0 Å². The molecule has 0 aromatic rings. The molecule has 0 bridgehead atoms. The van der Waals surface area contributed by atoms with Crippen molar-refractivity contribution >= 4 is 23.8 Å². The molecule has 1 aliphatic heterocycles. The van der Waals surface area contributed by atoms with Gasteiger partial charge < -0.3 is 14.3 Å². The number of hydrogen-bond acceptors (Lipinski definition) is 7. The predicted molar refractivity (Wildman–Crippen MR) is 63.8 cm³/mol. The number of rotatable bonds is 7. The highest BCUT2D eigenvalue weighted by molar-refractivity contribution is 6.01. The molecule has 112 valence electrons. The molecule has 1 aliphatic rings. The minimum absolute atomic E-state index is 0.0354. The van der Waals surface area contributed by atoms with Gasteiger partial charge in [-0.2, -0.15) is 0 Å². The van der Waals surface area contributed by atoms with Crippen molar-refractivity contribution < 1.29 is 33.5 Å². The third-order valence-electron chi connectivity index (χ3n) is 2.50. The van der Waals surface area contributed by atoms with Gasteiger partial charge in [0.1, 0.15) is 6.10 Å². The summed E-state index contributed by atoms with van der Waals surface area (Å²) in [5, 5.41) is 0.460. The zero-order chi connectivity index (χ0) is 15.1. The summed E-state index contributed by atoms with van der Waals surface area (Å²) in [7, 11) is 1.46. The molecule has 1 atom stereocenters. The minimum Gasteiger partial charge on any atom is -0.462 e. The molecule has 1 unspecified atom stereocenters. The molecule has 2 amide bonds. The fraction of sp³-hybridized carbons (Fsp3) is 0.667. The first kappa shape index (κ1) is 16.1. The SMILES string of the molecule is COCCC(=O)OC(C)CC(=O)ON1C(=O)CCC1=O. The summed E-state index contributed by atoms with van der Waals surface area (Å²) in [6.45, 7) is 1.74. The summed E-state index contributed by atoms with van der Waals surface area (Å²) in [6, 6.07) is 0. The highest BCUT2D eigenvalue weighted by atomic mass is 16.7. The van der Waals surface area contributed by atoms with E-state index in [9.17, 15) is 19.2 Å². The Bertz CT molecular complexity index is 391. The van der Waals surface area contributed by atoms with Crippen LogP contribution in [0.4, 0.5) is 0 Å². The third-order valence-corrected chi connectivity index (χ3v) is 2.50. The molecule has 0 N–H and O–H groups in total. The lowest BCUT2D eigenvalue weighted by molar-refractivity contribution is -0.199. The van der Waals surface area contributed by atoms with Gasteiger partial charge in [0, 0.05) is 20.0 Å². The molecule has 0 radical (unpaired) electrons. The molecular formula is C12H17NO7. The second-order valence-corrected chi connectivity index (χ2v) is 4.29. The second-order valence-electron chi connectivity index (χ2n) is 4.29. The van der Waals surface area contributed by atoms with Gasteiger partial charge in [0.15, 0.2) is 0 Å². The molecule has 0 aliphatic carbocycles. The van der Waals surface area contributed by atoms with E-state index in [0.29, 0.717) is 5.06 Å². The van der Waals surface area contributed by atoms with Gasteiger partial charge in [-0.15, -0.1) is 5.06 Å². The average Bonchev–Trinajstić information content (AvgIpc) is 2.67. The van der Waals surface area contributed by atoms with E-state index in [1.165, 1.54) is 14.0 Å². The van der Waals surface area contributed by atoms with Gasteiger partial charge in [0.25, 0.3) is 11.8 Å². The molecule has 8 nitrogen and oxygen atoms in total. The zero-order valence-electron chi connectivity index (χ0n) is 11.4. The van der Waals surface area contributed by atoms with E-state index in [-0.39, 0.29) is 32.3 Å². The van der Waals surface area contributed by atoms with Gasteiger partial charge in [-0.1, -0.05) is 0 Å². The Labute approximate surface area is 115 Å². The van der Waals surface area contributed by atoms with Crippen LogP contribution in [-0.4, -0.2) is 48.6 Å². The van der Waals surface area contributed by atoms with E-state index in [0.717, 1.165) is 0 Å². The van der Waals surface area contributed by atoms with Crippen LogP contribution in [0.1, 0.15) is 32.6 Å². The number of carbonyl (C=O) groups excluding carboxylic acids is 4. The molecular weight excluding hydrogens is 270 g/mol. The Morgan fingerprint density at radius 3 is 2.35 bits per heavy atom. The van der Waals surface area contributed by atoms with Crippen molar-refractivity contribution in [1.29, 1.82) is 0 Å². The van der Waals surface area contributed by atoms with Gasteiger partial charge in [0.2, 0.25) is 0 Å². The van der Waals surface area contributed by atoms with Crippen LogP contribution >= 0.6 is 0 Å². The molecule has 1 heterocycles. The molecule has 0 spiro atoms. The summed E-state index contributed by atoms with van der Waals surface area (Å²) in [5.41, 5.74) is 0. The Morgan fingerprint density at radius 1 is 1.20 bits per heavy atom. The second kappa shape index (κ2) is 7.59. The third kappa shape index (κ3) is 4.96. The van der Waals surface area contributed by atoms with Crippen LogP contribution in [-0.2, 0) is 33.5 Å². The summed E-state index contributed by atoms with van der Waals surface area (Å²) < 4.78 is 9.65. The molecule has 1 fully saturated rings. The molecule has 0 saturated carbocycles. The van der Waals surface area contributed by atoms with Gasteiger partial charge in [-0.3, -0.25) is 14.4 Å². The maximum Gasteiger partial charge on any atom is 0.336 e. The summed E-state index contributed by atoms with van der Waals surface area (Å²) in [5.74, 6) is -2.40. The Morgan fingerprint density at radius 2 is 1.80 bits per heavy atom. The van der Waals surface area contributed by atoms with E-state index in [4.69, 9.17) is 9.47 Å². The van der Waals surface area contributed by atoms with E-state index in [2.05, 4.69) is 4.84 Å². The smallest absolute Gasteiger partial charge is 0.336 e. The lowest BCUT2D eigenvalue weighted by Crippen LogP contribution is -2.33.